The molecule has 1 unspecified atom stereocenters. The number of allylic oxidation sites excluding steroid dienone is 2. The molecule has 202 valence electrons. The highest BCUT2D eigenvalue weighted by atomic mass is 16.5. The lowest BCUT2D eigenvalue weighted by molar-refractivity contribution is -0.146. The molecule has 0 radical (unpaired) electrons. The van der Waals surface area contributed by atoms with Crippen LogP contribution in [0.2, 0.25) is 0 Å². The van der Waals surface area contributed by atoms with E-state index >= 15 is 0 Å². The lowest BCUT2D eigenvalue weighted by Gasteiger charge is -2.37. The Kier molecular flexibility index (Phi) is 8.39. The van der Waals surface area contributed by atoms with Crippen LogP contribution in [0.5, 0.6) is 23.0 Å². The van der Waals surface area contributed by atoms with E-state index < -0.39 is 17.8 Å². The Bertz CT molecular complexity index is 1280. The van der Waals surface area contributed by atoms with Gasteiger partial charge in [0.25, 0.3) is 0 Å². The molecule has 0 spiro atoms. The van der Waals surface area contributed by atoms with Crippen molar-refractivity contribution < 1.29 is 33.3 Å². The van der Waals surface area contributed by atoms with E-state index in [-0.39, 0.29) is 18.1 Å². The van der Waals surface area contributed by atoms with Gasteiger partial charge in [-0.1, -0.05) is 13.0 Å². The summed E-state index contributed by atoms with van der Waals surface area (Å²) in [5.74, 6) is 0.528. The average molecular weight is 522 g/mol. The molecule has 2 aliphatic rings. The van der Waals surface area contributed by atoms with Crippen LogP contribution in [0.1, 0.15) is 56.1 Å². The molecule has 8 nitrogen and oxygen atoms in total. The van der Waals surface area contributed by atoms with Crippen molar-refractivity contribution in [2.24, 2.45) is 10.9 Å². The standard InChI is InChI=1S/C30H35NO7/c1-7-12-38-30(33)27-17(2)31-22-13-19(18-8-10-25(36-5)26(15-18)37-6)14-23(32)29(22)28(27)21-16-20(34-3)9-11-24(21)35-4/h8-11,15-16,19,27-28H,7,12-14H2,1-6H3/t19-,27?,28-/m0/s1. The molecular formula is C30H35NO7. The van der Waals surface area contributed by atoms with Crippen molar-refractivity contribution in [2.45, 2.75) is 44.9 Å². The Hall–Kier alpha value is -3.81. The van der Waals surface area contributed by atoms with Gasteiger partial charge in [0, 0.05) is 34.9 Å². The number of nitrogens with zero attached hydrogens (tertiary/aromatic N) is 1. The lowest BCUT2D eigenvalue weighted by atomic mass is 9.69. The molecule has 0 fully saturated rings. The highest BCUT2D eigenvalue weighted by molar-refractivity contribution is 6.09. The fraction of sp³-hybridized carbons (Fsp3) is 0.433. The fourth-order valence-electron chi connectivity index (χ4n) is 5.42. The van der Waals surface area contributed by atoms with Crippen molar-refractivity contribution >= 4 is 17.5 Å². The molecule has 8 heteroatoms. The maximum atomic E-state index is 13.9. The van der Waals surface area contributed by atoms with E-state index in [9.17, 15) is 9.59 Å². The number of carbonyl (C=O) groups excluding carboxylic acids is 2. The minimum Gasteiger partial charge on any atom is -0.497 e. The summed E-state index contributed by atoms with van der Waals surface area (Å²) in [6.07, 6.45) is 1.53. The van der Waals surface area contributed by atoms with E-state index in [1.807, 2.05) is 38.1 Å². The zero-order valence-corrected chi connectivity index (χ0v) is 22.8. The molecule has 4 rings (SSSR count). The third kappa shape index (κ3) is 5.12. The van der Waals surface area contributed by atoms with Crippen LogP contribution in [-0.4, -0.2) is 52.5 Å². The average Bonchev–Trinajstić information content (AvgIpc) is 2.94. The number of benzene rings is 2. The molecule has 0 saturated heterocycles. The third-order valence-electron chi connectivity index (χ3n) is 7.24. The molecule has 0 N–H and O–H groups in total. The first kappa shape index (κ1) is 27.2. The summed E-state index contributed by atoms with van der Waals surface area (Å²) < 4.78 is 27.6. The minimum absolute atomic E-state index is 0.0505. The Balaban J connectivity index is 1.83. The summed E-state index contributed by atoms with van der Waals surface area (Å²) in [5, 5.41) is 0. The van der Waals surface area contributed by atoms with Gasteiger partial charge in [-0.05, 0) is 61.6 Å². The van der Waals surface area contributed by atoms with Gasteiger partial charge in [-0.15, -0.1) is 0 Å². The number of aliphatic imine (C=N–C) groups is 1. The zero-order valence-electron chi connectivity index (χ0n) is 22.8. The van der Waals surface area contributed by atoms with Crippen LogP contribution in [0.25, 0.3) is 0 Å². The molecule has 3 atom stereocenters. The van der Waals surface area contributed by atoms with E-state index in [4.69, 9.17) is 28.7 Å². The topological polar surface area (TPSA) is 92.7 Å². The molecule has 0 saturated carbocycles. The van der Waals surface area contributed by atoms with Gasteiger partial charge in [-0.25, -0.2) is 0 Å². The second-order valence-electron chi connectivity index (χ2n) is 9.49. The van der Waals surface area contributed by atoms with E-state index in [0.29, 0.717) is 65.0 Å². The summed E-state index contributed by atoms with van der Waals surface area (Å²) >= 11 is 0. The first-order chi connectivity index (χ1) is 18.4. The van der Waals surface area contributed by atoms with Crippen LogP contribution in [0.4, 0.5) is 0 Å². The van der Waals surface area contributed by atoms with Gasteiger partial charge in [-0.3, -0.25) is 14.6 Å². The Morgan fingerprint density at radius 2 is 1.63 bits per heavy atom. The van der Waals surface area contributed by atoms with Gasteiger partial charge in [0.1, 0.15) is 17.4 Å². The van der Waals surface area contributed by atoms with Crippen LogP contribution >= 0.6 is 0 Å². The summed E-state index contributed by atoms with van der Waals surface area (Å²) in [6, 6.07) is 11.1. The molecule has 0 amide bonds. The largest absolute Gasteiger partial charge is 0.497 e. The number of Topliss-reactive ketones (excluding diaryl/α,β-unsaturated/α-hetero) is 1. The van der Waals surface area contributed by atoms with Crippen LogP contribution in [0.15, 0.2) is 52.7 Å². The normalized spacial score (nSPS) is 20.8. The van der Waals surface area contributed by atoms with Crippen molar-refractivity contribution in [3.05, 3.63) is 58.8 Å². The Morgan fingerprint density at radius 3 is 2.29 bits per heavy atom. The Morgan fingerprint density at radius 1 is 0.921 bits per heavy atom. The van der Waals surface area contributed by atoms with Crippen LogP contribution in [0.3, 0.4) is 0 Å². The summed E-state index contributed by atoms with van der Waals surface area (Å²) in [4.78, 5) is 32.1. The summed E-state index contributed by atoms with van der Waals surface area (Å²) in [5.41, 5.74) is 3.51. The molecule has 2 aromatic rings. The van der Waals surface area contributed by atoms with Crippen molar-refractivity contribution in [2.75, 3.05) is 35.0 Å². The van der Waals surface area contributed by atoms with Crippen molar-refractivity contribution in [3.8, 4) is 23.0 Å². The summed E-state index contributed by atoms with van der Waals surface area (Å²) in [7, 11) is 6.33. The van der Waals surface area contributed by atoms with Gasteiger partial charge < -0.3 is 23.7 Å². The Labute approximate surface area is 223 Å². The van der Waals surface area contributed by atoms with Crippen LogP contribution in [-0.2, 0) is 14.3 Å². The van der Waals surface area contributed by atoms with Crippen molar-refractivity contribution in [3.63, 3.8) is 0 Å². The minimum atomic E-state index is -0.747. The molecule has 1 aliphatic carbocycles. The van der Waals surface area contributed by atoms with Crippen molar-refractivity contribution in [1.82, 2.24) is 0 Å². The van der Waals surface area contributed by atoms with E-state index in [1.54, 1.807) is 40.6 Å². The van der Waals surface area contributed by atoms with Crippen LogP contribution < -0.4 is 18.9 Å². The first-order valence-corrected chi connectivity index (χ1v) is 12.8. The number of methoxy groups -OCH3 is 4. The molecule has 2 aromatic carbocycles. The molecule has 0 bridgehead atoms. The predicted octanol–water partition coefficient (Wildman–Crippen LogP) is 5.25. The molecule has 0 aromatic heterocycles. The first-order valence-electron chi connectivity index (χ1n) is 12.8. The second kappa shape index (κ2) is 11.7. The van der Waals surface area contributed by atoms with Gasteiger partial charge in [0.2, 0.25) is 0 Å². The van der Waals surface area contributed by atoms with Crippen molar-refractivity contribution in [1.29, 1.82) is 0 Å². The third-order valence-corrected chi connectivity index (χ3v) is 7.24. The zero-order chi connectivity index (χ0) is 27.4. The smallest absolute Gasteiger partial charge is 0.315 e. The SMILES string of the molecule is CCCOC(=O)C1C(C)=NC2=C(C(=O)C[C@@H](c3ccc(OC)c(OC)c3)C2)[C@H]1c1cc(OC)ccc1OC. The van der Waals surface area contributed by atoms with Crippen LogP contribution in [0, 0.1) is 5.92 Å². The molecule has 38 heavy (non-hydrogen) atoms. The highest BCUT2D eigenvalue weighted by Gasteiger charge is 2.46. The number of ketones is 1. The molecule has 1 aliphatic heterocycles. The van der Waals surface area contributed by atoms with Gasteiger partial charge in [-0.2, -0.15) is 0 Å². The number of rotatable bonds is 9. The maximum Gasteiger partial charge on any atom is 0.315 e. The predicted molar refractivity (Wildman–Crippen MR) is 144 cm³/mol. The molecule has 1 heterocycles. The quantitative estimate of drug-likeness (QED) is 0.416. The van der Waals surface area contributed by atoms with Gasteiger partial charge in [0.15, 0.2) is 17.3 Å². The monoisotopic (exact) mass is 521 g/mol. The van der Waals surface area contributed by atoms with E-state index in [0.717, 1.165) is 5.56 Å². The van der Waals surface area contributed by atoms with Gasteiger partial charge >= 0.3 is 5.97 Å². The number of hydrogen-bond acceptors (Lipinski definition) is 8. The maximum absolute atomic E-state index is 13.9. The number of carbonyl (C=O) groups is 2. The molecular weight excluding hydrogens is 486 g/mol. The van der Waals surface area contributed by atoms with Gasteiger partial charge in [0.05, 0.1) is 35.0 Å². The highest BCUT2D eigenvalue weighted by Crippen LogP contribution is 2.49. The number of hydrogen-bond donors (Lipinski definition) is 0. The fourth-order valence-corrected chi connectivity index (χ4v) is 5.42. The van der Waals surface area contributed by atoms with E-state index in [2.05, 4.69) is 0 Å². The lowest BCUT2D eigenvalue weighted by Crippen LogP contribution is -2.38. The van der Waals surface area contributed by atoms with E-state index in [1.165, 1.54) is 0 Å². The number of ether oxygens (including phenoxy) is 5. The second-order valence-corrected chi connectivity index (χ2v) is 9.49. The summed E-state index contributed by atoms with van der Waals surface area (Å²) in [6.45, 7) is 4.06. The number of esters is 1.